The first-order chi connectivity index (χ1) is 15.6. The summed E-state index contributed by atoms with van der Waals surface area (Å²) in [6.45, 7) is 4.22. The van der Waals surface area contributed by atoms with E-state index in [2.05, 4.69) is 5.16 Å². The van der Waals surface area contributed by atoms with Gasteiger partial charge in [-0.1, -0.05) is 5.16 Å². The lowest BCUT2D eigenvalue weighted by atomic mass is 9.98. The smallest absolute Gasteiger partial charge is 0.303 e. The van der Waals surface area contributed by atoms with Crippen molar-refractivity contribution in [3.63, 3.8) is 0 Å². The minimum atomic E-state index is -1.33. The highest BCUT2D eigenvalue weighted by molar-refractivity contribution is 5.79. The molecule has 0 radical (unpaired) electrons. The summed E-state index contributed by atoms with van der Waals surface area (Å²) in [5.41, 5.74) is 0.575. The van der Waals surface area contributed by atoms with Gasteiger partial charge in [-0.15, -0.1) is 0 Å². The molecule has 33 heavy (non-hydrogen) atoms. The summed E-state index contributed by atoms with van der Waals surface area (Å²) in [5.74, 6) is -2.55. The van der Waals surface area contributed by atoms with Crippen LogP contribution in [0.2, 0.25) is 0 Å². The minimum absolute atomic E-state index is 0.269. The van der Waals surface area contributed by atoms with Gasteiger partial charge in [-0.25, -0.2) is 0 Å². The van der Waals surface area contributed by atoms with Gasteiger partial charge in [0.2, 0.25) is 12.4 Å². The van der Waals surface area contributed by atoms with Crippen LogP contribution in [0, 0.1) is 0 Å². The molecule has 0 aliphatic carbocycles. The number of carbonyl (C=O) groups is 4. The number of esters is 4. The van der Waals surface area contributed by atoms with Gasteiger partial charge < -0.3 is 33.6 Å². The van der Waals surface area contributed by atoms with E-state index in [-0.39, 0.29) is 12.4 Å². The summed E-state index contributed by atoms with van der Waals surface area (Å²) in [5, 5.41) is 11.6. The van der Waals surface area contributed by atoms with Gasteiger partial charge in [-0.05, 0) is 29.8 Å². The Morgan fingerprint density at radius 2 is 1.42 bits per heavy atom. The second-order valence-corrected chi connectivity index (χ2v) is 7.00. The Bertz CT molecular complexity index is 883. The average Bonchev–Trinajstić information content (AvgIpc) is 2.71. The van der Waals surface area contributed by atoms with E-state index in [1.54, 1.807) is 12.1 Å². The summed E-state index contributed by atoms with van der Waals surface area (Å²) >= 11 is 0. The van der Waals surface area contributed by atoms with Crippen molar-refractivity contribution in [2.75, 3.05) is 6.61 Å². The van der Waals surface area contributed by atoms with Crippen LogP contribution in [-0.4, -0.2) is 72.6 Å². The van der Waals surface area contributed by atoms with Crippen LogP contribution in [0.1, 0.15) is 33.3 Å². The first-order valence-electron chi connectivity index (χ1n) is 9.85. The molecule has 5 atom stereocenters. The van der Waals surface area contributed by atoms with E-state index in [1.165, 1.54) is 25.3 Å². The summed E-state index contributed by atoms with van der Waals surface area (Å²) in [6, 6.07) is 6.23. The van der Waals surface area contributed by atoms with Crippen molar-refractivity contribution in [2.45, 2.75) is 58.4 Å². The number of hydrogen-bond donors (Lipinski definition) is 1. The molecule has 0 unspecified atom stereocenters. The van der Waals surface area contributed by atoms with E-state index in [0.717, 1.165) is 20.8 Å². The molecule has 0 amide bonds. The third-order valence-corrected chi connectivity index (χ3v) is 4.29. The van der Waals surface area contributed by atoms with Gasteiger partial charge in [-0.3, -0.25) is 19.2 Å². The van der Waals surface area contributed by atoms with Crippen molar-refractivity contribution >= 4 is 30.1 Å². The van der Waals surface area contributed by atoms with E-state index in [4.69, 9.17) is 33.6 Å². The van der Waals surface area contributed by atoms with Crippen LogP contribution in [0.25, 0.3) is 0 Å². The standard InChI is InChI=1S/C21H25NO11/c1-11(23)28-10-17-18(29-12(2)24)19(30-13(3)25)20(31-14(4)26)21(33-17)32-16-7-5-15(6-8-16)9-22-27/h5-9,17-21,27H,10H2,1-4H3/b22-9-/t17-,18-,19+,20-,21-/m1/s1. The monoisotopic (exact) mass is 467 g/mol. The molecule has 2 rings (SSSR count). The number of benzene rings is 1. The second-order valence-electron chi connectivity index (χ2n) is 7.00. The number of nitrogens with zero attached hydrogens (tertiary/aromatic N) is 1. The molecule has 0 spiro atoms. The fourth-order valence-corrected chi connectivity index (χ4v) is 3.12. The summed E-state index contributed by atoms with van der Waals surface area (Å²) < 4.78 is 32.6. The third kappa shape index (κ3) is 7.75. The number of ether oxygens (including phenoxy) is 6. The number of hydrogen-bond acceptors (Lipinski definition) is 12. The van der Waals surface area contributed by atoms with Crippen LogP contribution in [0.3, 0.4) is 0 Å². The van der Waals surface area contributed by atoms with Crippen LogP contribution in [0.4, 0.5) is 0 Å². The fraction of sp³-hybridized carbons (Fsp3) is 0.476. The summed E-state index contributed by atoms with van der Waals surface area (Å²) in [7, 11) is 0. The van der Waals surface area contributed by atoms with Gasteiger partial charge in [-0.2, -0.15) is 0 Å². The lowest BCUT2D eigenvalue weighted by Crippen LogP contribution is -2.63. The molecule has 1 fully saturated rings. The molecule has 0 saturated carbocycles. The second kappa shape index (κ2) is 11.8. The van der Waals surface area contributed by atoms with E-state index in [0.29, 0.717) is 5.56 Å². The van der Waals surface area contributed by atoms with Crippen molar-refractivity contribution in [1.29, 1.82) is 0 Å². The van der Waals surface area contributed by atoms with Gasteiger partial charge >= 0.3 is 23.9 Å². The molecule has 1 N–H and O–H groups in total. The molecular weight excluding hydrogens is 442 g/mol. The SMILES string of the molecule is CC(=O)OC[C@H]1O[C@@H](Oc2ccc(/C=N\O)cc2)[C@H](OC(C)=O)[C@@H](OC(C)=O)[C@@H]1OC(C)=O. The molecule has 12 heteroatoms. The molecule has 1 aliphatic heterocycles. The van der Waals surface area contributed by atoms with E-state index < -0.39 is 54.6 Å². The number of rotatable bonds is 8. The Labute approximate surface area is 189 Å². The predicted octanol–water partition coefficient (Wildman–Crippen LogP) is 0.957. The molecule has 1 heterocycles. The van der Waals surface area contributed by atoms with E-state index >= 15 is 0 Å². The molecule has 1 saturated heterocycles. The van der Waals surface area contributed by atoms with Gasteiger partial charge in [0.05, 0.1) is 6.21 Å². The van der Waals surface area contributed by atoms with Crippen molar-refractivity contribution in [2.24, 2.45) is 5.16 Å². The van der Waals surface area contributed by atoms with Gasteiger partial charge in [0, 0.05) is 27.7 Å². The summed E-state index contributed by atoms with van der Waals surface area (Å²) in [4.78, 5) is 46.7. The minimum Gasteiger partial charge on any atom is -0.463 e. The zero-order valence-corrected chi connectivity index (χ0v) is 18.5. The van der Waals surface area contributed by atoms with Crippen LogP contribution < -0.4 is 4.74 Å². The Morgan fingerprint density at radius 1 is 0.879 bits per heavy atom. The van der Waals surface area contributed by atoms with Crippen molar-refractivity contribution in [1.82, 2.24) is 0 Å². The largest absolute Gasteiger partial charge is 0.463 e. The normalized spacial score (nSPS) is 24.5. The first-order valence-corrected chi connectivity index (χ1v) is 9.85. The van der Waals surface area contributed by atoms with Crippen molar-refractivity contribution in [3.05, 3.63) is 29.8 Å². The Kier molecular flexibility index (Phi) is 9.16. The average molecular weight is 467 g/mol. The quantitative estimate of drug-likeness (QED) is 0.191. The summed E-state index contributed by atoms with van der Waals surface area (Å²) in [6.07, 6.45) is -5.16. The highest BCUT2D eigenvalue weighted by atomic mass is 16.7. The molecule has 12 nitrogen and oxygen atoms in total. The third-order valence-electron chi connectivity index (χ3n) is 4.29. The lowest BCUT2D eigenvalue weighted by molar-refractivity contribution is -0.288. The molecule has 1 aliphatic rings. The Morgan fingerprint density at radius 3 is 1.94 bits per heavy atom. The van der Waals surface area contributed by atoms with Crippen molar-refractivity contribution < 1.29 is 52.8 Å². The highest BCUT2D eigenvalue weighted by Gasteiger charge is 2.53. The van der Waals surface area contributed by atoms with Gasteiger partial charge in [0.25, 0.3) is 0 Å². The highest BCUT2D eigenvalue weighted by Crippen LogP contribution is 2.31. The van der Waals surface area contributed by atoms with Gasteiger partial charge in [0.15, 0.2) is 12.2 Å². The molecule has 180 valence electrons. The van der Waals surface area contributed by atoms with Crippen LogP contribution in [0.5, 0.6) is 5.75 Å². The lowest BCUT2D eigenvalue weighted by Gasteiger charge is -2.43. The number of carbonyl (C=O) groups excluding carboxylic acids is 4. The fourth-order valence-electron chi connectivity index (χ4n) is 3.12. The first kappa shape index (κ1) is 25.6. The molecule has 0 bridgehead atoms. The topological polar surface area (TPSA) is 156 Å². The van der Waals surface area contributed by atoms with Crippen molar-refractivity contribution in [3.8, 4) is 5.75 Å². The van der Waals surface area contributed by atoms with Crippen LogP contribution >= 0.6 is 0 Å². The molecule has 1 aromatic carbocycles. The molecule has 0 aromatic heterocycles. The Balaban J connectivity index is 2.42. The molecular formula is C21H25NO11. The van der Waals surface area contributed by atoms with E-state index in [9.17, 15) is 19.2 Å². The maximum atomic E-state index is 11.8. The van der Waals surface area contributed by atoms with E-state index in [1.807, 2.05) is 0 Å². The number of oxime groups is 1. The maximum Gasteiger partial charge on any atom is 0.303 e. The maximum absolute atomic E-state index is 11.8. The zero-order chi connectivity index (χ0) is 24.5. The Hall–Kier alpha value is -3.67. The predicted molar refractivity (Wildman–Crippen MR) is 108 cm³/mol. The molecule has 1 aromatic rings. The zero-order valence-electron chi connectivity index (χ0n) is 18.5. The van der Waals surface area contributed by atoms with Crippen LogP contribution in [0.15, 0.2) is 29.4 Å². The van der Waals surface area contributed by atoms with Gasteiger partial charge in [0.1, 0.15) is 18.5 Å². The van der Waals surface area contributed by atoms with Crippen LogP contribution in [-0.2, 0) is 42.9 Å².